The van der Waals surface area contributed by atoms with Crippen molar-refractivity contribution in [3.63, 3.8) is 0 Å². The lowest BCUT2D eigenvalue weighted by Crippen LogP contribution is -2.06. The van der Waals surface area contributed by atoms with Gasteiger partial charge in [0, 0.05) is 11.1 Å². The van der Waals surface area contributed by atoms with E-state index in [-0.39, 0.29) is 0 Å². The third-order valence-corrected chi connectivity index (χ3v) is 2.38. The summed E-state index contributed by atoms with van der Waals surface area (Å²) in [6.45, 7) is 4.36. The number of hydrogen-bond acceptors (Lipinski definition) is 2. The van der Waals surface area contributed by atoms with Gasteiger partial charge in [-0.05, 0) is 24.3 Å². The van der Waals surface area contributed by atoms with Crippen molar-refractivity contribution >= 4 is 17.0 Å². The molecule has 0 unspecified atom stereocenters. The minimum atomic E-state index is 1.12. The van der Waals surface area contributed by atoms with E-state index in [1.54, 1.807) is 11.3 Å². The van der Waals surface area contributed by atoms with Crippen LogP contribution in [0, 0.1) is 6.04 Å². The maximum absolute atomic E-state index is 3.39. The number of hydrogen-bond donors (Lipinski definition) is 1. The van der Waals surface area contributed by atoms with E-state index >= 15 is 0 Å². The van der Waals surface area contributed by atoms with Crippen LogP contribution in [0.5, 0.6) is 0 Å². The minimum Gasteiger partial charge on any atom is -0.377 e. The molecule has 2 heteroatoms. The lowest BCUT2D eigenvalue weighted by Gasteiger charge is -2.12. The van der Waals surface area contributed by atoms with Crippen LogP contribution in [0.15, 0.2) is 16.8 Å². The van der Waals surface area contributed by atoms with Crippen LogP contribution in [-0.4, -0.2) is 0 Å². The van der Waals surface area contributed by atoms with E-state index in [0.29, 0.717) is 0 Å². The van der Waals surface area contributed by atoms with E-state index in [1.165, 1.54) is 11.7 Å². The predicted octanol–water partition coefficient (Wildman–Crippen LogP) is 3.51. The van der Waals surface area contributed by atoms with Crippen LogP contribution in [0.25, 0.3) is 0 Å². The van der Waals surface area contributed by atoms with Gasteiger partial charge in [0.1, 0.15) is 0 Å². The Morgan fingerprint density at radius 2 is 2.18 bits per heavy atom. The minimum absolute atomic E-state index is 1.12. The molecule has 0 atom stereocenters. The molecule has 0 amide bonds. The summed E-state index contributed by atoms with van der Waals surface area (Å²) in [5, 5.41) is 7.60. The standard InChI is InChI=1S/C9H14NS/c1-3-8(4-2)10-9-5-6-11-7-9/h5-7,10H,3-4H2,1-2H3. The van der Waals surface area contributed by atoms with Gasteiger partial charge in [0.25, 0.3) is 0 Å². The van der Waals surface area contributed by atoms with Crippen molar-refractivity contribution in [1.29, 1.82) is 0 Å². The molecule has 0 saturated carbocycles. The van der Waals surface area contributed by atoms with Crippen LogP contribution in [0.2, 0.25) is 0 Å². The molecule has 11 heavy (non-hydrogen) atoms. The van der Waals surface area contributed by atoms with E-state index in [9.17, 15) is 0 Å². The number of nitrogens with one attached hydrogen (secondary N) is 1. The molecule has 0 fully saturated rings. The fourth-order valence-electron chi connectivity index (χ4n) is 0.966. The zero-order valence-corrected chi connectivity index (χ0v) is 7.87. The maximum Gasteiger partial charge on any atom is 0.0597 e. The Morgan fingerprint density at radius 1 is 1.45 bits per heavy atom. The first-order valence-electron chi connectivity index (χ1n) is 4.00. The molecule has 0 aliphatic heterocycles. The van der Waals surface area contributed by atoms with Crippen LogP contribution < -0.4 is 5.32 Å². The van der Waals surface area contributed by atoms with E-state index in [4.69, 9.17) is 0 Å². The highest BCUT2D eigenvalue weighted by atomic mass is 32.1. The summed E-state index contributed by atoms with van der Waals surface area (Å²) in [6, 6.07) is 3.51. The largest absolute Gasteiger partial charge is 0.377 e. The predicted molar refractivity (Wildman–Crippen MR) is 51.8 cm³/mol. The van der Waals surface area contributed by atoms with Crippen molar-refractivity contribution in [2.24, 2.45) is 0 Å². The van der Waals surface area contributed by atoms with Crippen molar-refractivity contribution in [3.8, 4) is 0 Å². The first kappa shape index (κ1) is 8.60. The van der Waals surface area contributed by atoms with Crippen molar-refractivity contribution < 1.29 is 0 Å². The molecule has 1 rings (SSSR count). The normalized spacial score (nSPS) is 10.5. The first-order valence-corrected chi connectivity index (χ1v) is 4.95. The van der Waals surface area contributed by atoms with Gasteiger partial charge in [-0.25, -0.2) is 0 Å². The molecule has 0 saturated heterocycles. The Balaban J connectivity index is 2.41. The van der Waals surface area contributed by atoms with Gasteiger partial charge in [0.2, 0.25) is 0 Å². The highest BCUT2D eigenvalue weighted by molar-refractivity contribution is 7.08. The molecule has 0 aliphatic rings. The Hall–Kier alpha value is -0.500. The van der Waals surface area contributed by atoms with E-state index in [1.807, 2.05) is 0 Å². The van der Waals surface area contributed by atoms with Crippen molar-refractivity contribution in [1.82, 2.24) is 0 Å². The average molecular weight is 168 g/mol. The van der Waals surface area contributed by atoms with E-state index in [2.05, 4.69) is 36.0 Å². The summed E-state index contributed by atoms with van der Waals surface area (Å²) in [7, 11) is 0. The molecular formula is C9H14NS. The second kappa shape index (κ2) is 4.39. The monoisotopic (exact) mass is 168 g/mol. The Morgan fingerprint density at radius 3 is 2.64 bits per heavy atom. The third-order valence-electron chi connectivity index (χ3n) is 1.70. The third kappa shape index (κ3) is 2.54. The second-order valence-electron chi connectivity index (χ2n) is 2.45. The van der Waals surface area contributed by atoms with Crippen molar-refractivity contribution in [3.05, 3.63) is 22.9 Å². The molecule has 1 N–H and O–H groups in total. The topological polar surface area (TPSA) is 12.0 Å². The zero-order chi connectivity index (χ0) is 8.10. The fourth-order valence-corrected chi connectivity index (χ4v) is 1.55. The molecule has 1 radical (unpaired) electrons. The number of anilines is 1. The van der Waals surface area contributed by atoms with Crippen LogP contribution in [0.3, 0.4) is 0 Å². The first-order chi connectivity index (χ1) is 5.36. The molecule has 1 aromatic rings. The summed E-state index contributed by atoms with van der Waals surface area (Å²) < 4.78 is 0. The molecular weight excluding hydrogens is 154 g/mol. The smallest absolute Gasteiger partial charge is 0.0597 e. The second-order valence-corrected chi connectivity index (χ2v) is 3.23. The molecule has 0 aliphatic carbocycles. The number of rotatable bonds is 4. The molecule has 1 nitrogen and oxygen atoms in total. The van der Waals surface area contributed by atoms with Gasteiger partial charge in [0.15, 0.2) is 0 Å². The maximum atomic E-state index is 3.39. The van der Waals surface area contributed by atoms with Gasteiger partial charge in [-0.15, -0.1) is 0 Å². The fraction of sp³-hybridized carbons (Fsp3) is 0.444. The zero-order valence-electron chi connectivity index (χ0n) is 7.05. The van der Waals surface area contributed by atoms with Gasteiger partial charge in [-0.3, -0.25) is 0 Å². The van der Waals surface area contributed by atoms with Crippen LogP contribution >= 0.6 is 11.3 Å². The molecule has 1 heterocycles. The van der Waals surface area contributed by atoms with E-state index < -0.39 is 0 Å². The Labute approximate surface area is 72.4 Å². The van der Waals surface area contributed by atoms with Gasteiger partial charge < -0.3 is 5.32 Å². The van der Waals surface area contributed by atoms with Crippen LogP contribution in [-0.2, 0) is 0 Å². The van der Waals surface area contributed by atoms with Gasteiger partial charge in [0.05, 0.1) is 6.04 Å². The Kier molecular flexibility index (Phi) is 3.43. The summed E-state index contributed by atoms with van der Waals surface area (Å²) >= 11 is 1.73. The van der Waals surface area contributed by atoms with Gasteiger partial charge >= 0.3 is 0 Å². The molecule has 1 aromatic heterocycles. The molecule has 61 valence electrons. The molecule has 0 spiro atoms. The van der Waals surface area contributed by atoms with Crippen molar-refractivity contribution in [2.45, 2.75) is 26.7 Å². The van der Waals surface area contributed by atoms with Crippen LogP contribution in [0.4, 0.5) is 5.69 Å². The lowest BCUT2D eigenvalue weighted by atomic mass is 10.2. The highest BCUT2D eigenvalue weighted by Crippen LogP contribution is 2.18. The quantitative estimate of drug-likeness (QED) is 0.725. The van der Waals surface area contributed by atoms with Gasteiger partial charge in [-0.1, -0.05) is 13.8 Å². The summed E-state index contributed by atoms with van der Waals surface area (Å²) in [5.41, 5.74) is 1.23. The average Bonchev–Trinajstić information content (AvgIpc) is 2.52. The van der Waals surface area contributed by atoms with E-state index in [0.717, 1.165) is 12.8 Å². The lowest BCUT2D eigenvalue weighted by molar-refractivity contribution is 0.830. The summed E-state index contributed by atoms with van der Waals surface area (Å²) in [6.07, 6.45) is 2.23. The van der Waals surface area contributed by atoms with Crippen molar-refractivity contribution in [2.75, 3.05) is 5.32 Å². The Bertz CT molecular complexity index is 177. The number of thiophene rings is 1. The summed E-state index contributed by atoms with van der Waals surface area (Å²) in [4.78, 5) is 0. The highest BCUT2D eigenvalue weighted by Gasteiger charge is 2.02. The summed E-state index contributed by atoms with van der Waals surface area (Å²) in [5.74, 6) is 0. The SMILES string of the molecule is CC[C](CC)Nc1ccsc1. The van der Waals surface area contributed by atoms with Crippen LogP contribution in [0.1, 0.15) is 26.7 Å². The molecule has 0 aromatic carbocycles. The van der Waals surface area contributed by atoms with Gasteiger partial charge in [-0.2, -0.15) is 11.3 Å². The molecule has 0 bridgehead atoms.